The smallest absolute Gasteiger partial charge is 0.0207 e. The normalized spacial score (nSPS) is 19.4. The average Bonchev–Trinajstić information content (AvgIpc) is 2.86. The van der Waals surface area contributed by atoms with Crippen LogP contribution in [-0.2, 0) is 6.42 Å². The maximum absolute atomic E-state index is 3.70. The lowest BCUT2D eigenvalue weighted by Crippen LogP contribution is -2.44. The fourth-order valence-corrected chi connectivity index (χ4v) is 4.54. The predicted molar refractivity (Wildman–Crippen MR) is 91.0 cm³/mol. The molecule has 1 unspecified atom stereocenters. The van der Waals surface area contributed by atoms with E-state index in [2.05, 4.69) is 66.4 Å². The van der Waals surface area contributed by atoms with Crippen molar-refractivity contribution in [3.05, 3.63) is 34.3 Å². The lowest BCUT2D eigenvalue weighted by Gasteiger charge is -2.39. The van der Waals surface area contributed by atoms with Gasteiger partial charge in [0.1, 0.15) is 0 Å². The van der Waals surface area contributed by atoms with Crippen molar-refractivity contribution in [3.63, 3.8) is 0 Å². The van der Waals surface area contributed by atoms with Gasteiger partial charge in [0.15, 0.2) is 0 Å². The van der Waals surface area contributed by atoms with E-state index in [9.17, 15) is 0 Å². The molecule has 112 valence electrons. The third-order valence-corrected chi connectivity index (χ3v) is 5.66. The molecule has 1 N–H and O–H groups in total. The maximum Gasteiger partial charge on any atom is 0.0207 e. The van der Waals surface area contributed by atoms with E-state index in [1.54, 1.807) is 0 Å². The second kappa shape index (κ2) is 7.09. The van der Waals surface area contributed by atoms with Gasteiger partial charge in [-0.1, -0.05) is 60.8 Å². The van der Waals surface area contributed by atoms with Crippen molar-refractivity contribution in [1.82, 2.24) is 5.32 Å². The van der Waals surface area contributed by atoms with E-state index >= 15 is 0 Å². The Hall–Kier alpha value is -0.340. The molecule has 0 aliphatic heterocycles. The molecule has 20 heavy (non-hydrogen) atoms. The molecule has 0 radical (unpaired) electrons. The number of benzene rings is 1. The number of halogens is 1. The van der Waals surface area contributed by atoms with E-state index in [0.29, 0.717) is 11.5 Å². The maximum atomic E-state index is 3.70. The number of rotatable bonds is 6. The molecule has 1 aromatic rings. The van der Waals surface area contributed by atoms with Crippen LogP contribution in [0.15, 0.2) is 28.7 Å². The lowest BCUT2D eigenvalue weighted by atomic mass is 9.71. The molecule has 1 atom stereocenters. The highest BCUT2D eigenvalue weighted by molar-refractivity contribution is 9.10. The van der Waals surface area contributed by atoms with E-state index in [-0.39, 0.29) is 0 Å². The summed E-state index contributed by atoms with van der Waals surface area (Å²) in [4.78, 5) is 0. The monoisotopic (exact) mass is 337 g/mol. The molecule has 0 heterocycles. The molecule has 2 heteroatoms. The summed E-state index contributed by atoms with van der Waals surface area (Å²) in [5.74, 6) is 0.781. The lowest BCUT2D eigenvalue weighted by molar-refractivity contribution is 0.160. The van der Waals surface area contributed by atoms with E-state index in [4.69, 9.17) is 0 Å². The highest BCUT2D eigenvalue weighted by Gasteiger charge is 2.40. The largest absolute Gasteiger partial charge is 0.316 e. The first-order valence-electron chi connectivity index (χ1n) is 7.98. The predicted octanol–water partition coefficient (Wildman–Crippen LogP) is 5.19. The molecule has 0 aromatic heterocycles. The first-order chi connectivity index (χ1) is 9.57. The Bertz CT molecular complexity index is 421. The van der Waals surface area contributed by atoms with Crippen molar-refractivity contribution in [2.45, 2.75) is 58.4 Å². The summed E-state index contributed by atoms with van der Waals surface area (Å²) in [6.07, 6.45) is 8.07. The molecule has 1 saturated carbocycles. The minimum Gasteiger partial charge on any atom is -0.316 e. The van der Waals surface area contributed by atoms with Gasteiger partial charge in [0.2, 0.25) is 0 Å². The van der Waals surface area contributed by atoms with Crippen molar-refractivity contribution < 1.29 is 0 Å². The molecule has 1 aliphatic rings. The summed E-state index contributed by atoms with van der Waals surface area (Å²) in [6, 6.07) is 9.25. The van der Waals surface area contributed by atoms with Crippen LogP contribution in [0.3, 0.4) is 0 Å². The van der Waals surface area contributed by atoms with Crippen LogP contribution in [-0.4, -0.2) is 13.1 Å². The van der Waals surface area contributed by atoms with Gasteiger partial charge in [-0.05, 0) is 55.7 Å². The van der Waals surface area contributed by atoms with E-state index in [1.165, 1.54) is 42.1 Å². The Morgan fingerprint density at radius 1 is 1.20 bits per heavy atom. The molecular weight excluding hydrogens is 310 g/mol. The highest BCUT2D eigenvalue weighted by atomic mass is 79.9. The summed E-state index contributed by atoms with van der Waals surface area (Å²) in [5, 5.41) is 3.65. The van der Waals surface area contributed by atoms with Gasteiger partial charge in [-0.3, -0.25) is 0 Å². The molecule has 0 amide bonds. The van der Waals surface area contributed by atoms with Crippen LogP contribution < -0.4 is 5.32 Å². The van der Waals surface area contributed by atoms with Crippen molar-refractivity contribution in [2.75, 3.05) is 7.05 Å². The Morgan fingerprint density at radius 2 is 1.85 bits per heavy atom. The number of likely N-dealkylation sites (N-methyl/N-ethyl adjacent to an activating group) is 1. The van der Waals surface area contributed by atoms with Gasteiger partial charge in [0.05, 0.1) is 0 Å². The number of hydrogen-bond acceptors (Lipinski definition) is 1. The van der Waals surface area contributed by atoms with Gasteiger partial charge >= 0.3 is 0 Å². The van der Waals surface area contributed by atoms with Crippen molar-refractivity contribution in [1.29, 1.82) is 0 Å². The Morgan fingerprint density at radius 3 is 2.40 bits per heavy atom. The van der Waals surface area contributed by atoms with Gasteiger partial charge in [-0.15, -0.1) is 0 Å². The highest BCUT2D eigenvalue weighted by Crippen LogP contribution is 2.46. The fourth-order valence-electron chi connectivity index (χ4n) is 4.10. The van der Waals surface area contributed by atoms with Gasteiger partial charge in [-0.25, -0.2) is 0 Å². The molecule has 0 saturated heterocycles. The standard InChI is InChI=1S/C18H28BrN/c1-14(2)13-18(10-6-7-11-18)17(20-3)12-15-8-4-5-9-16(15)19/h4-5,8-9,14,17,20H,6-7,10-13H2,1-3H3. The molecule has 1 nitrogen and oxygen atoms in total. The van der Waals surface area contributed by atoms with Crippen LogP contribution in [0, 0.1) is 11.3 Å². The first kappa shape index (κ1) is 16.0. The minimum absolute atomic E-state index is 0.498. The zero-order valence-corrected chi connectivity index (χ0v) is 14.7. The zero-order valence-electron chi connectivity index (χ0n) is 13.1. The van der Waals surface area contributed by atoms with E-state index < -0.39 is 0 Å². The second-order valence-electron chi connectivity index (χ2n) is 6.80. The van der Waals surface area contributed by atoms with Crippen LogP contribution in [0.2, 0.25) is 0 Å². The Labute approximate surface area is 132 Å². The quantitative estimate of drug-likeness (QED) is 0.753. The molecule has 1 aliphatic carbocycles. The van der Waals surface area contributed by atoms with E-state index in [0.717, 1.165) is 12.3 Å². The SMILES string of the molecule is CNC(Cc1ccccc1Br)C1(CC(C)C)CCCC1. The summed E-state index contributed by atoms with van der Waals surface area (Å²) >= 11 is 3.70. The van der Waals surface area contributed by atoms with Crippen molar-refractivity contribution in [3.8, 4) is 0 Å². The van der Waals surface area contributed by atoms with Gasteiger partial charge in [-0.2, -0.15) is 0 Å². The molecule has 1 fully saturated rings. The molecular formula is C18H28BrN. The molecule has 1 aromatic carbocycles. The summed E-state index contributed by atoms with van der Waals surface area (Å²) in [5.41, 5.74) is 1.93. The molecule has 2 rings (SSSR count). The third kappa shape index (κ3) is 3.65. The van der Waals surface area contributed by atoms with Gasteiger partial charge in [0, 0.05) is 10.5 Å². The summed E-state index contributed by atoms with van der Waals surface area (Å²) < 4.78 is 1.25. The second-order valence-corrected chi connectivity index (χ2v) is 7.66. The molecule has 0 spiro atoms. The zero-order chi connectivity index (χ0) is 14.6. The average molecular weight is 338 g/mol. The van der Waals surface area contributed by atoms with Crippen LogP contribution in [0.1, 0.15) is 51.5 Å². The van der Waals surface area contributed by atoms with Crippen LogP contribution in [0.5, 0.6) is 0 Å². The number of nitrogens with one attached hydrogen (secondary N) is 1. The van der Waals surface area contributed by atoms with E-state index in [1.807, 2.05) is 0 Å². The van der Waals surface area contributed by atoms with Gasteiger partial charge < -0.3 is 5.32 Å². The fraction of sp³-hybridized carbons (Fsp3) is 0.667. The van der Waals surface area contributed by atoms with Crippen LogP contribution in [0.25, 0.3) is 0 Å². The minimum atomic E-state index is 0.498. The third-order valence-electron chi connectivity index (χ3n) is 4.88. The topological polar surface area (TPSA) is 12.0 Å². The summed E-state index contributed by atoms with van der Waals surface area (Å²) in [6.45, 7) is 4.73. The first-order valence-corrected chi connectivity index (χ1v) is 8.77. The summed E-state index contributed by atoms with van der Waals surface area (Å²) in [7, 11) is 2.14. The number of hydrogen-bond donors (Lipinski definition) is 1. The van der Waals surface area contributed by atoms with Crippen LogP contribution >= 0.6 is 15.9 Å². The van der Waals surface area contributed by atoms with Crippen molar-refractivity contribution in [2.24, 2.45) is 11.3 Å². The Balaban J connectivity index is 2.19. The van der Waals surface area contributed by atoms with Gasteiger partial charge in [0.25, 0.3) is 0 Å². The Kier molecular flexibility index (Phi) is 5.68. The van der Waals surface area contributed by atoms with Crippen molar-refractivity contribution >= 4 is 15.9 Å². The van der Waals surface area contributed by atoms with Crippen LogP contribution in [0.4, 0.5) is 0 Å². The molecule has 0 bridgehead atoms.